The molecule has 1 aromatic heterocycles. The van der Waals surface area contributed by atoms with Crippen LogP contribution in [0.15, 0.2) is 6.20 Å². The number of rotatable bonds is 2. The molecule has 0 aliphatic rings. The van der Waals surface area contributed by atoms with E-state index in [2.05, 4.69) is 38.0 Å². The topological polar surface area (TPSA) is 30.7 Å². The van der Waals surface area contributed by atoms with Gasteiger partial charge in [0.1, 0.15) is 0 Å². The minimum Gasteiger partial charge on any atom is -0.247 e. The second kappa shape index (κ2) is 3.03. The van der Waals surface area contributed by atoms with Crippen molar-refractivity contribution in [2.45, 2.75) is 39.7 Å². The lowest BCUT2D eigenvalue weighted by Gasteiger charge is -2.10. The van der Waals surface area contributed by atoms with Crippen molar-refractivity contribution in [2.24, 2.45) is 0 Å². The van der Waals surface area contributed by atoms with Gasteiger partial charge in [0.2, 0.25) is 0 Å². The summed E-state index contributed by atoms with van der Waals surface area (Å²) in [6.07, 6.45) is 1.84. The molecule has 0 N–H and O–H groups in total. The Labute approximate surface area is 67.4 Å². The van der Waals surface area contributed by atoms with Crippen molar-refractivity contribution in [3.8, 4) is 0 Å². The third-order valence-corrected chi connectivity index (χ3v) is 1.68. The number of aromatic nitrogens is 3. The Kier molecular flexibility index (Phi) is 2.27. The van der Waals surface area contributed by atoms with Gasteiger partial charge in [-0.05, 0) is 19.8 Å². The van der Waals surface area contributed by atoms with Crippen LogP contribution in [-0.4, -0.2) is 15.0 Å². The number of nitrogens with zero attached hydrogens (tertiary/aromatic N) is 3. The van der Waals surface area contributed by atoms with E-state index in [0.717, 1.165) is 0 Å². The van der Waals surface area contributed by atoms with Crippen molar-refractivity contribution in [3.05, 3.63) is 11.9 Å². The smallest absolute Gasteiger partial charge is 0.0727 e. The first kappa shape index (κ1) is 8.24. The van der Waals surface area contributed by atoms with Crippen molar-refractivity contribution >= 4 is 0 Å². The maximum atomic E-state index is 4.00. The van der Waals surface area contributed by atoms with Crippen LogP contribution in [0.3, 0.4) is 0 Å². The highest BCUT2D eigenvalue weighted by atomic mass is 15.4. The first-order valence-electron chi connectivity index (χ1n) is 4.03. The van der Waals surface area contributed by atoms with Crippen LogP contribution in [0.25, 0.3) is 0 Å². The molecule has 0 bridgehead atoms. The molecule has 0 aromatic carbocycles. The fraction of sp³-hybridized carbons (Fsp3) is 0.750. The zero-order valence-corrected chi connectivity index (χ0v) is 7.57. The van der Waals surface area contributed by atoms with E-state index < -0.39 is 0 Å². The van der Waals surface area contributed by atoms with Crippen molar-refractivity contribution in [3.63, 3.8) is 0 Å². The summed E-state index contributed by atoms with van der Waals surface area (Å²) < 4.78 is 1.96. The quantitative estimate of drug-likeness (QED) is 0.650. The molecule has 0 aliphatic heterocycles. The predicted molar refractivity (Wildman–Crippen MR) is 44.5 cm³/mol. The summed E-state index contributed by atoms with van der Waals surface area (Å²) >= 11 is 0. The summed E-state index contributed by atoms with van der Waals surface area (Å²) in [6, 6.07) is 0.412. The SMILES string of the molecule is CC(C)c1cnnn1C(C)C. The average Bonchev–Trinajstić information content (AvgIpc) is 2.32. The molecule has 11 heavy (non-hydrogen) atoms. The molecule has 0 saturated carbocycles. The van der Waals surface area contributed by atoms with Gasteiger partial charge in [0.15, 0.2) is 0 Å². The molecule has 0 spiro atoms. The van der Waals surface area contributed by atoms with Crippen LogP contribution >= 0.6 is 0 Å². The van der Waals surface area contributed by atoms with Crippen molar-refractivity contribution in [1.82, 2.24) is 15.0 Å². The maximum absolute atomic E-state index is 4.00. The van der Waals surface area contributed by atoms with Crippen LogP contribution in [0.5, 0.6) is 0 Å². The third kappa shape index (κ3) is 1.59. The van der Waals surface area contributed by atoms with E-state index in [1.165, 1.54) is 5.69 Å². The average molecular weight is 153 g/mol. The third-order valence-electron chi connectivity index (χ3n) is 1.68. The van der Waals surface area contributed by atoms with Gasteiger partial charge in [-0.3, -0.25) is 0 Å². The fourth-order valence-corrected chi connectivity index (χ4v) is 1.07. The van der Waals surface area contributed by atoms with Gasteiger partial charge in [-0.25, -0.2) is 4.68 Å². The van der Waals surface area contributed by atoms with Gasteiger partial charge in [0.25, 0.3) is 0 Å². The van der Waals surface area contributed by atoms with Crippen molar-refractivity contribution < 1.29 is 0 Å². The van der Waals surface area contributed by atoms with Gasteiger partial charge in [-0.2, -0.15) is 0 Å². The van der Waals surface area contributed by atoms with Crippen molar-refractivity contribution in [2.75, 3.05) is 0 Å². The zero-order valence-electron chi connectivity index (χ0n) is 7.57. The predicted octanol–water partition coefficient (Wildman–Crippen LogP) is 1.98. The lowest BCUT2D eigenvalue weighted by Crippen LogP contribution is -2.08. The lowest BCUT2D eigenvalue weighted by atomic mass is 10.1. The number of hydrogen-bond donors (Lipinski definition) is 0. The van der Waals surface area contributed by atoms with Gasteiger partial charge in [-0.15, -0.1) is 5.10 Å². The molecular weight excluding hydrogens is 138 g/mol. The van der Waals surface area contributed by atoms with Gasteiger partial charge in [0, 0.05) is 6.04 Å². The summed E-state index contributed by atoms with van der Waals surface area (Å²) in [5, 5.41) is 7.88. The van der Waals surface area contributed by atoms with E-state index in [0.29, 0.717) is 12.0 Å². The normalized spacial score (nSPS) is 11.5. The fourth-order valence-electron chi connectivity index (χ4n) is 1.07. The van der Waals surface area contributed by atoms with E-state index in [1.54, 1.807) is 0 Å². The van der Waals surface area contributed by atoms with Crippen LogP contribution in [0, 0.1) is 0 Å². The van der Waals surface area contributed by atoms with Gasteiger partial charge >= 0.3 is 0 Å². The highest BCUT2D eigenvalue weighted by molar-refractivity contribution is 5.00. The van der Waals surface area contributed by atoms with E-state index >= 15 is 0 Å². The second-order valence-electron chi connectivity index (χ2n) is 3.35. The van der Waals surface area contributed by atoms with Crippen molar-refractivity contribution in [1.29, 1.82) is 0 Å². The van der Waals surface area contributed by atoms with Gasteiger partial charge in [-0.1, -0.05) is 19.1 Å². The van der Waals surface area contributed by atoms with Crippen LogP contribution in [-0.2, 0) is 0 Å². The molecule has 1 rings (SSSR count). The summed E-state index contributed by atoms with van der Waals surface area (Å²) in [6.45, 7) is 8.52. The first-order valence-corrected chi connectivity index (χ1v) is 4.03. The van der Waals surface area contributed by atoms with E-state index in [-0.39, 0.29) is 0 Å². The molecule has 3 heteroatoms. The zero-order chi connectivity index (χ0) is 8.43. The molecule has 0 atom stereocenters. The second-order valence-corrected chi connectivity index (χ2v) is 3.35. The Morgan fingerprint density at radius 1 is 1.27 bits per heavy atom. The highest BCUT2D eigenvalue weighted by Gasteiger charge is 2.09. The molecule has 0 saturated heterocycles. The highest BCUT2D eigenvalue weighted by Crippen LogP contribution is 2.15. The van der Waals surface area contributed by atoms with E-state index in [1.807, 2.05) is 10.9 Å². The molecule has 62 valence electrons. The van der Waals surface area contributed by atoms with Crippen LogP contribution < -0.4 is 0 Å². The summed E-state index contributed by atoms with van der Waals surface area (Å²) in [5.41, 5.74) is 1.21. The minimum absolute atomic E-state index is 0.412. The van der Waals surface area contributed by atoms with Crippen LogP contribution in [0.4, 0.5) is 0 Å². The summed E-state index contributed by atoms with van der Waals surface area (Å²) in [5.74, 6) is 0.507. The largest absolute Gasteiger partial charge is 0.247 e. The minimum atomic E-state index is 0.412. The molecule has 0 amide bonds. The Morgan fingerprint density at radius 3 is 2.27 bits per heavy atom. The Morgan fingerprint density at radius 2 is 1.91 bits per heavy atom. The molecule has 1 aromatic rings. The van der Waals surface area contributed by atoms with Gasteiger partial charge < -0.3 is 0 Å². The Hall–Kier alpha value is -0.860. The molecule has 0 aliphatic carbocycles. The first-order chi connectivity index (χ1) is 5.13. The van der Waals surface area contributed by atoms with Crippen LogP contribution in [0.1, 0.15) is 45.3 Å². The Balaban J connectivity index is 2.96. The molecule has 0 radical (unpaired) electrons. The Bertz CT molecular complexity index is 202. The molecule has 3 nitrogen and oxygen atoms in total. The van der Waals surface area contributed by atoms with Gasteiger partial charge in [0.05, 0.1) is 11.9 Å². The number of hydrogen-bond acceptors (Lipinski definition) is 2. The molecular formula is C8H15N3. The molecule has 0 fully saturated rings. The van der Waals surface area contributed by atoms with Crippen LogP contribution in [0.2, 0.25) is 0 Å². The lowest BCUT2D eigenvalue weighted by molar-refractivity contribution is 0.484. The standard InChI is InChI=1S/C8H15N3/c1-6(2)8-5-9-10-11(8)7(3)4/h5-7H,1-4H3. The summed E-state index contributed by atoms with van der Waals surface area (Å²) in [4.78, 5) is 0. The molecule has 1 heterocycles. The maximum Gasteiger partial charge on any atom is 0.0727 e. The monoisotopic (exact) mass is 153 g/mol. The van der Waals surface area contributed by atoms with E-state index in [4.69, 9.17) is 0 Å². The summed E-state index contributed by atoms with van der Waals surface area (Å²) in [7, 11) is 0. The van der Waals surface area contributed by atoms with E-state index in [9.17, 15) is 0 Å². The molecule has 0 unspecified atom stereocenters.